The van der Waals surface area contributed by atoms with E-state index in [1.54, 1.807) is 12.1 Å². The molecule has 0 saturated carbocycles. The van der Waals surface area contributed by atoms with Crippen molar-refractivity contribution in [1.82, 2.24) is 0 Å². The average molecular weight is 240 g/mol. The Labute approximate surface area is 106 Å². The van der Waals surface area contributed by atoms with Crippen molar-refractivity contribution in [3.05, 3.63) is 87.4 Å². The number of rotatable bonds is 4. The summed E-state index contributed by atoms with van der Waals surface area (Å²) in [6, 6.07) is 17.1. The first-order valence-corrected chi connectivity index (χ1v) is 5.78. The van der Waals surface area contributed by atoms with Gasteiger partial charge in [-0.15, -0.1) is 0 Å². The molecule has 0 aliphatic rings. The van der Waals surface area contributed by atoms with Gasteiger partial charge < -0.3 is 0 Å². The molecular weight excluding hydrogens is 226 g/mol. The Kier molecular flexibility index (Phi) is 3.72. The van der Waals surface area contributed by atoms with Gasteiger partial charge in [-0.1, -0.05) is 60.2 Å². The predicted molar refractivity (Wildman–Crippen MR) is 70.7 cm³/mol. The lowest BCUT2D eigenvalue weighted by molar-refractivity contribution is -0.459. The Morgan fingerprint density at radius 1 is 1.11 bits per heavy atom. The Hall–Kier alpha value is -2.16. The van der Waals surface area contributed by atoms with E-state index in [9.17, 15) is 10.1 Å². The highest BCUT2D eigenvalue weighted by atomic mass is 16.6. The van der Waals surface area contributed by atoms with Gasteiger partial charge in [0.25, 0.3) is 0 Å². The standard InChI is InChI=1S/C15H14NO2/c1-12-6-5-7-13(10-12)11-15(16(17)18)14-8-3-2-4-9-14/h2-10H,11H2,1H3. The van der Waals surface area contributed by atoms with Crippen LogP contribution in [0.15, 0.2) is 54.6 Å². The number of nitrogens with zero attached hydrogens (tertiary/aromatic N) is 1. The van der Waals surface area contributed by atoms with Gasteiger partial charge in [0, 0.05) is 10.5 Å². The monoisotopic (exact) mass is 240 g/mol. The second-order valence-corrected chi connectivity index (χ2v) is 4.24. The molecule has 0 aromatic heterocycles. The summed E-state index contributed by atoms with van der Waals surface area (Å²) < 4.78 is 0. The minimum absolute atomic E-state index is 0.237. The molecule has 0 N–H and O–H groups in total. The lowest BCUT2D eigenvalue weighted by atomic mass is 9.98. The van der Waals surface area contributed by atoms with E-state index in [4.69, 9.17) is 0 Å². The van der Waals surface area contributed by atoms with E-state index in [2.05, 4.69) is 0 Å². The van der Waals surface area contributed by atoms with Crippen LogP contribution in [0.2, 0.25) is 0 Å². The molecule has 0 atom stereocenters. The highest BCUT2D eigenvalue weighted by Gasteiger charge is 2.25. The van der Waals surface area contributed by atoms with E-state index in [1.807, 2.05) is 49.4 Å². The fourth-order valence-electron chi connectivity index (χ4n) is 1.92. The van der Waals surface area contributed by atoms with Crippen LogP contribution < -0.4 is 0 Å². The normalized spacial score (nSPS) is 10.6. The fourth-order valence-corrected chi connectivity index (χ4v) is 1.92. The first-order chi connectivity index (χ1) is 8.66. The van der Waals surface area contributed by atoms with Crippen LogP contribution in [0.4, 0.5) is 0 Å². The van der Waals surface area contributed by atoms with Crippen molar-refractivity contribution < 1.29 is 4.92 Å². The van der Waals surface area contributed by atoms with E-state index in [1.165, 1.54) is 0 Å². The molecule has 1 radical (unpaired) electrons. The second-order valence-electron chi connectivity index (χ2n) is 4.24. The summed E-state index contributed by atoms with van der Waals surface area (Å²) >= 11 is 0. The van der Waals surface area contributed by atoms with Crippen LogP contribution in [0.1, 0.15) is 16.7 Å². The van der Waals surface area contributed by atoms with Crippen molar-refractivity contribution in [3.8, 4) is 0 Å². The summed E-state index contributed by atoms with van der Waals surface area (Å²) in [7, 11) is 0. The number of hydrogen-bond donors (Lipinski definition) is 0. The third-order valence-electron chi connectivity index (χ3n) is 2.78. The van der Waals surface area contributed by atoms with Crippen LogP contribution in [0.3, 0.4) is 0 Å². The molecule has 0 heterocycles. The first-order valence-electron chi connectivity index (χ1n) is 5.78. The van der Waals surface area contributed by atoms with Crippen LogP contribution >= 0.6 is 0 Å². The van der Waals surface area contributed by atoms with Gasteiger partial charge in [-0.2, -0.15) is 0 Å². The summed E-state index contributed by atoms with van der Waals surface area (Å²) in [4.78, 5) is 10.9. The van der Waals surface area contributed by atoms with E-state index in [0.29, 0.717) is 12.0 Å². The van der Waals surface area contributed by atoms with Crippen molar-refractivity contribution in [3.63, 3.8) is 0 Å². The summed E-state index contributed by atoms with van der Waals surface area (Å²) in [6.45, 7) is 1.98. The fraction of sp³-hybridized carbons (Fsp3) is 0.133. The van der Waals surface area contributed by atoms with Gasteiger partial charge in [0.2, 0.25) is 0 Å². The molecule has 2 rings (SSSR count). The van der Waals surface area contributed by atoms with Crippen LogP contribution in [-0.4, -0.2) is 4.92 Å². The van der Waals surface area contributed by atoms with Gasteiger partial charge in [-0.05, 0) is 12.5 Å². The highest BCUT2D eigenvalue weighted by molar-refractivity contribution is 5.32. The van der Waals surface area contributed by atoms with E-state index >= 15 is 0 Å². The lowest BCUT2D eigenvalue weighted by Crippen LogP contribution is -2.14. The Bertz CT molecular complexity index is 537. The number of hydrogen-bond acceptors (Lipinski definition) is 2. The minimum atomic E-state index is -0.294. The first kappa shape index (κ1) is 12.3. The predicted octanol–water partition coefficient (Wildman–Crippen LogP) is 3.39. The van der Waals surface area contributed by atoms with Crippen molar-refractivity contribution >= 4 is 0 Å². The molecule has 0 fully saturated rings. The Morgan fingerprint density at radius 3 is 2.44 bits per heavy atom. The van der Waals surface area contributed by atoms with Gasteiger partial charge in [0.1, 0.15) is 0 Å². The number of benzene rings is 2. The molecule has 0 aliphatic carbocycles. The quantitative estimate of drug-likeness (QED) is 0.607. The van der Waals surface area contributed by atoms with Crippen molar-refractivity contribution in [2.24, 2.45) is 0 Å². The summed E-state index contributed by atoms with van der Waals surface area (Å²) in [5.41, 5.74) is 2.75. The molecule has 0 amide bonds. The maximum absolute atomic E-state index is 11.2. The molecule has 0 spiro atoms. The zero-order chi connectivity index (χ0) is 13.0. The molecule has 0 saturated heterocycles. The average Bonchev–Trinajstić information content (AvgIpc) is 2.37. The molecule has 18 heavy (non-hydrogen) atoms. The van der Waals surface area contributed by atoms with E-state index < -0.39 is 0 Å². The Morgan fingerprint density at radius 2 is 1.83 bits per heavy atom. The zero-order valence-corrected chi connectivity index (χ0v) is 10.2. The number of aryl methyl sites for hydroxylation is 1. The molecule has 2 aromatic carbocycles. The second kappa shape index (κ2) is 5.45. The molecule has 0 unspecified atom stereocenters. The summed E-state index contributed by atoms with van der Waals surface area (Å²) in [5, 5.41) is 11.2. The third kappa shape index (κ3) is 2.94. The third-order valence-corrected chi connectivity index (χ3v) is 2.78. The van der Waals surface area contributed by atoms with Crippen molar-refractivity contribution in [1.29, 1.82) is 0 Å². The molecular formula is C15H14NO2. The van der Waals surface area contributed by atoms with Crippen molar-refractivity contribution in [2.45, 2.75) is 13.3 Å². The highest BCUT2D eigenvalue weighted by Crippen LogP contribution is 2.20. The smallest absolute Gasteiger partial charge is 0.263 e. The van der Waals surface area contributed by atoms with Crippen LogP contribution in [0, 0.1) is 23.1 Å². The largest absolute Gasteiger partial charge is 0.324 e. The van der Waals surface area contributed by atoms with Gasteiger partial charge in [-0.25, -0.2) is 0 Å². The number of nitro groups is 1. The SMILES string of the molecule is Cc1cccc(C[C](c2ccccc2)[N+](=O)[O-])c1. The van der Waals surface area contributed by atoms with Gasteiger partial charge in [0.05, 0.1) is 6.42 Å². The summed E-state index contributed by atoms with van der Waals surface area (Å²) in [6.07, 6.45) is 0.346. The molecule has 91 valence electrons. The maximum atomic E-state index is 11.2. The van der Waals surface area contributed by atoms with E-state index in [-0.39, 0.29) is 11.0 Å². The van der Waals surface area contributed by atoms with Crippen LogP contribution in [0.5, 0.6) is 0 Å². The summed E-state index contributed by atoms with van der Waals surface area (Å²) in [5.74, 6) is 0. The van der Waals surface area contributed by atoms with Crippen LogP contribution in [-0.2, 0) is 6.42 Å². The van der Waals surface area contributed by atoms with Gasteiger partial charge in [-0.3, -0.25) is 10.1 Å². The Balaban J connectivity index is 2.25. The minimum Gasteiger partial charge on any atom is -0.263 e. The van der Waals surface area contributed by atoms with Gasteiger partial charge in [0.15, 0.2) is 0 Å². The molecule has 3 nitrogen and oxygen atoms in total. The lowest BCUT2D eigenvalue weighted by Gasteiger charge is -2.08. The maximum Gasteiger partial charge on any atom is 0.324 e. The molecule has 0 bridgehead atoms. The zero-order valence-electron chi connectivity index (χ0n) is 10.2. The van der Waals surface area contributed by atoms with Crippen molar-refractivity contribution in [2.75, 3.05) is 0 Å². The molecule has 2 aromatic rings. The molecule has 3 heteroatoms. The van der Waals surface area contributed by atoms with Crippen LogP contribution in [0.25, 0.3) is 0 Å². The molecule has 0 aliphatic heterocycles. The topological polar surface area (TPSA) is 43.1 Å². The van der Waals surface area contributed by atoms with Gasteiger partial charge >= 0.3 is 6.04 Å². The van der Waals surface area contributed by atoms with E-state index in [0.717, 1.165) is 11.1 Å².